The van der Waals surface area contributed by atoms with E-state index in [9.17, 15) is 18.9 Å². The van der Waals surface area contributed by atoms with Gasteiger partial charge in [-0.25, -0.2) is 0 Å². The lowest BCUT2D eigenvalue weighted by atomic mass is 10.2. The van der Waals surface area contributed by atoms with Crippen molar-refractivity contribution in [3.8, 4) is 5.75 Å². The molecule has 1 N–H and O–H groups in total. The van der Waals surface area contributed by atoms with E-state index in [1.165, 1.54) is 18.2 Å². The number of ether oxygens (including phenoxy) is 1. The Morgan fingerprint density at radius 1 is 1.44 bits per heavy atom. The summed E-state index contributed by atoms with van der Waals surface area (Å²) >= 11 is 0. The maximum atomic E-state index is 12.1. The van der Waals surface area contributed by atoms with Gasteiger partial charge in [-0.3, -0.25) is 10.1 Å². The van der Waals surface area contributed by atoms with Gasteiger partial charge in [-0.05, 0) is 11.6 Å². The zero-order chi connectivity index (χ0) is 13.7. The minimum atomic E-state index is -3.08. The monoisotopic (exact) mass is 260 g/mol. The maximum absolute atomic E-state index is 12.1. The highest BCUT2D eigenvalue weighted by atomic mass is 19.3. The van der Waals surface area contributed by atoms with Crippen LogP contribution in [0.2, 0.25) is 0 Å². The number of alkyl halides is 2. The first-order valence-corrected chi connectivity index (χ1v) is 5.35. The summed E-state index contributed by atoms with van der Waals surface area (Å²) in [6.45, 7) is 1.21. The van der Waals surface area contributed by atoms with Crippen LogP contribution in [-0.4, -0.2) is 17.6 Å². The molecule has 0 radical (unpaired) electrons. The highest BCUT2D eigenvalue weighted by Gasteiger charge is 2.19. The molecule has 18 heavy (non-hydrogen) atoms. The van der Waals surface area contributed by atoms with Gasteiger partial charge in [0.2, 0.25) is 5.75 Å². The van der Waals surface area contributed by atoms with Gasteiger partial charge in [-0.15, -0.1) is 0 Å². The lowest BCUT2D eigenvalue weighted by Gasteiger charge is -2.09. The van der Waals surface area contributed by atoms with Crippen molar-refractivity contribution in [2.75, 3.05) is 0 Å². The predicted molar refractivity (Wildman–Crippen MR) is 61.7 cm³/mol. The fraction of sp³-hybridized carbons (Fsp3) is 0.455. The van der Waals surface area contributed by atoms with Gasteiger partial charge in [0, 0.05) is 18.7 Å². The lowest BCUT2D eigenvalue weighted by molar-refractivity contribution is -0.386. The van der Waals surface area contributed by atoms with Crippen LogP contribution in [0, 0.1) is 10.1 Å². The van der Waals surface area contributed by atoms with Crippen molar-refractivity contribution in [3.05, 3.63) is 33.9 Å². The van der Waals surface area contributed by atoms with Crippen molar-refractivity contribution in [1.82, 2.24) is 5.32 Å². The second kappa shape index (κ2) is 6.25. The smallest absolute Gasteiger partial charge is 0.387 e. The molecule has 0 aromatic heterocycles. The largest absolute Gasteiger partial charge is 0.427 e. The molecule has 0 fully saturated rings. The molecule has 0 unspecified atom stereocenters. The number of hydrogen-bond acceptors (Lipinski definition) is 4. The SMILES string of the molecule is CC(C)NCc1ccc(OC(F)F)c([N+](=O)[O-])c1. The Balaban J connectivity index is 2.92. The Labute approximate surface area is 103 Å². The average Bonchev–Trinajstić information content (AvgIpc) is 2.26. The van der Waals surface area contributed by atoms with Crippen molar-refractivity contribution in [2.45, 2.75) is 33.0 Å². The van der Waals surface area contributed by atoms with Crippen LogP contribution >= 0.6 is 0 Å². The summed E-state index contributed by atoms with van der Waals surface area (Å²) in [4.78, 5) is 10.0. The Morgan fingerprint density at radius 3 is 2.61 bits per heavy atom. The Morgan fingerprint density at radius 2 is 2.11 bits per heavy atom. The van der Waals surface area contributed by atoms with E-state index < -0.39 is 23.0 Å². The van der Waals surface area contributed by atoms with Crippen LogP contribution in [-0.2, 0) is 6.54 Å². The summed E-state index contributed by atoms with van der Waals surface area (Å²) in [7, 11) is 0. The van der Waals surface area contributed by atoms with Crippen LogP contribution in [0.25, 0.3) is 0 Å². The third kappa shape index (κ3) is 4.25. The van der Waals surface area contributed by atoms with E-state index in [1.54, 1.807) is 0 Å². The summed E-state index contributed by atoms with van der Waals surface area (Å²) in [5.74, 6) is -0.428. The Kier molecular flexibility index (Phi) is 4.96. The number of rotatable bonds is 6. The minimum Gasteiger partial charge on any atom is -0.427 e. The van der Waals surface area contributed by atoms with E-state index >= 15 is 0 Å². The van der Waals surface area contributed by atoms with E-state index in [2.05, 4.69) is 10.1 Å². The van der Waals surface area contributed by atoms with Crippen LogP contribution in [0.15, 0.2) is 18.2 Å². The van der Waals surface area contributed by atoms with Crippen LogP contribution < -0.4 is 10.1 Å². The normalized spacial score (nSPS) is 11.0. The first-order chi connectivity index (χ1) is 8.40. The summed E-state index contributed by atoms with van der Waals surface area (Å²) in [5.41, 5.74) is 0.176. The van der Waals surface area contributed by atoms with Crippen LogP contribution in [0.3, 0.4) is 0 Å². The number of nitro benzene ring substituents is 1. The molecular formula is C11H14F2N2O3. The molecule has 7 heteroatoms. The van der Waals surface area contributed by atoms with Gasteiger partial charge in [-0.2, -0.15) is 8.78 Å². The Bertz CT molecular complexity index is 425. The number of nitrogens with zero attached hydrogens (tertiary/aromatic N) is 1. The number of benzene rings is 1. The lowest BCUT2D eigenvalue weighted by Crippen LogP contribution is -2.21. The van der Waals surface area contributed by atoms with Crippen molar-refractivity contribution in [2.24, 2.45) is 0 Å². The number of nitrogens with one attached hydrogen (secondary N) is 1. The zero-order valence-corrected chi connectivity index (χ0v) is 10.0. The van der Waals surface area contributed by atoms with Gasteiger partial charge < -0.3 is 10.1 Å². The first-order valence-electron chi connectivity index (χ1n) is 5.35. The number of halogens is 2. The van der Waals surface area contributed by atoms with E-state index in [0.29, 0.717) is 12.1 Å². The predicted octanol–water partition coefficient (Wildman–Crippen LogP) is 2.69. The van der Waals surface area contributed by atoms with Gasteiger partial charge in [0.25, 0.3) is 0 Å². The summed E-state index contributed by atoms with van der Waals surface area (Å²) in [5, 5.41) is 13.8. The molecule has 1 aromatic carbocycles. The van der Waals surface area contributed by atoms with E-state index in [-0.39, 0.29) is 6.04 Å². The Hall–Kier alpha value is -1.76. The highest BCUT2D eigenvalue weighted by Crippen LogP contribution is 2.29. The molecule has 0 bridgehead atoms. The van der Waals surface area contributed by atoms with Crippen LogP contribution in [0.1, 0.15) is 19.4 Å². The van der Waals surface area contributed by atoms with Crippen LogP contribution in [0.5, 0.6) is 5.75 Å². The van der Waals surface area contributed by atoms with Gasteiger partial charge in [0.15, 0.2) is 0 Å². The maximum Gasteiger partial charge on any atom is 0.387 e. The molecule has 0 saturated heterocycles. The average molecular weight is 260 g/mol. The van der Waals surface area contributed by atoms with E-state index in [4.69, 9.17) is 0 Å². The van der Waals surface area contributed by atoms with Gasteiger partial charge in [0.05, 0.1) is 4.92 Å². The van der Waals surface area contributed by atoms with Gasteiger partial charge in [0.1, 0.15) is 0 Å². The molecule has 5 nitrogen and oxygen atoms in total. The molecule has 1 rings (SSSR count). The van der Waals surface area contributed by atoms with Crippen LogP contribution in [0.4, 0.5) is 14.5 Å². The molecule has 1 aromatic rings. The molecule has 0 atom stereocenters. The quantitative estimate of drug-likeness (QED) is 0.631. The first kappa shape index (κ1) is 14.3. The van der Waals surface area contributed by atoms with Crippen molar-refractivity contribution in [3.63, 3.8) is 0 Å². The second-order valence-electron chi connectivity index (χ2n) is 3.97. The molecular weight excluding hydrogens is 246 g/mol. The summed E-state index contributed by atoms with van der Waals surface area (Å²) in [6, 6.07) is 4.15. The fourth-order valence-corrected chi connectivity index (χ4v) is 1.33. The summed E-state index contributed by atoms with van der Waals surface area (Å²) < 4.78 is 28.2. The van der Waals surface area contributed by atoms with Crippen molar-refractivity contribution >= 4 is 5.69 Å². The van der Waals surface area contributed by atoms with Crippen molar-refractivity contribution < 1.29 is 18.4 Å². The van der Waals surface area contributed by atoms with Crippen molar-refractivity contribution in [1.29, 1.82) is 0 Å². The molecule has 0 aliphatic carbocycles. The molecule has 0 aliphatic heterocycles. The fourth-order valence-electron chi connectivity index (χ4n) is 1.33. The second-order valence-corrected chi connectivity index (χ2v) is 3.97. The van der Waals surface area contributed by atoms with Gasteiger partial charge >= 0.3 is 12.3 Å². The zero-order valence-electron chi connectivity index (χ0n) is 10.0. The molecule has 0 spiro atoms. The third-order valence-corrected chi connectivity index (χ3v) is 2.15. The molecule has 100 valence electrons. The highest BCUT2D eigenvalue weighted by molar-refractivity contribution is 5.48. The number of hydrogen-bond donors (Lipinski definition) is 1. The summed E-state index contributed by atoms with van der Waals surface area (Å²) in [6.07, 6.45) is 0. The molecule has 0 saturated carbocycles. The topological polar surface area (TPSA) is 64.4 Å². The molecule has 0 heterocycles. The van der Waals surface area contributed by atoms with Gasteiger partial charge in [-0.1, -0.05) is 19.9 Å². The minimum absolute atomic E-state index is 0.223. The number of nitro groups is 1. The molecule has 0 aliphatic rings. The molecule has 0 amide bonds. The van der Waals surface area contributed by atoms with E-state index in [0.717, 1.165) is 0 Å². The standard InChI is InChI=1S/C11H14F2N2O3/c1-7(2)14-6-8-3-4-10(18-11(12)13)9(5-8)15(16)17/h3-5,7,11,14H,6H2,1-2H3. The van der Waals surface area contributed by atoms with E-state index in [1.807, 2.05) is 13.8 Å². The third-order valence-electron chi connectivity index (χ3n) is 2.15.